The van der Waals surface area contributed by atoms with Gasteiger partial charge in [0.25, 0.3) is 0 Å². The molecule has 0 aromatic rings. The maximum atomic E-state index is 2.33. The molecule has 0 nitrogen and oxygen atoms in total. The molecule has 0 aliphatic carbocycles. The van der Waals surface area contributed by atoms with E-state index < -0.39 is 0 Å². The van der Waals surface area contributed by atoms with Gasteiger partial charge in [0.15, 0.2) is 0 Å². The molecule has 0 aliphatic rings. The number of hydrogen-bond donors (Lipinski definition) is 0. The molecule has 0 aliphatic heterocycles. The third-order valence-electron chi connectivity index (χ3n) is 1.80. The summed E-state index contributed by atoms with van der Waals surface area (Å²) in [6.07, 6.45) is 2.94. The molecule has 0 bridgehead atoms. The van der Waals surface area contributed by atoms with E-state index in [4.69, 9.17) is 0 Å². The van der Waals surface area contributed by atoms with Crippen LogP contribution in [0.15, 0.2) is 0 Å². The summed E-state index contributed by atoms with van der Waals surface area (Å²) >= 11 is 0.437. The van der Waals surface area contributed by atoms with Gasteiger partial charge in [-0.15, -0.1) is 0 Å². The van der Waals surface area contributed by atoms with Gasteiger partial charge in [0, 0.05) is 0 Å². The first kappa shape index (κ1) is 11.6. The van der Waals surface area contributed by atoms with Crippen LogP contribution in [0.1, 0.15) is 40.5 Å². The summed E-state index contributed by atoms with van der Waals surface area (Å²) in [6.45, 7) is 9.31. The molecule has 0 atom stereocenters. The monoisotopic (exact) mass is 218 g/mol. The van der Waals surface area contributed by atoms with Gasteiger partial charge in [-0.25, -0.2) is 0 Å². The Morgan fingerprint density at radius 1 is 0.818 bits per heavy atom. The molecule has 0 saturated carbocycles. The van der Waals surface area contributed by atoms with E-state index in [1.807, 2.05) is 0 Å². The van der Waals surface area contributed by atoms with Gasteiger partial charge in [-0.3, -0.25) is 0 Å². The van der Waals surface area contributed by atoms with Crippen molar-refractivity contribution in [3.8, 4) is 0 Å². The van der Waals surface area contributed by atoms with Crippen molar-refractivity contribution in [3.63, 3.8) is 0 Å². The molecule has 0 saturated heterocycles. The Bertz CT molecular complexity index is 66.9. The van der Waals surface area contributed by atoms with Crippen LogP contribution in [0.2, 0.25) is 10.4 Å². The van der Waals surface area contributed by atoms with Gasteiger partial charge in [0.1, 0.15) is 0 Å². The molecule has 0 N–H and O–H groups in total. The van der Waals surface area contributed by atoms with E-state index in [2.05, 4.69) is 27.7 Å². The van der Waals surface area contributed by atoms with E-state index in [0.717, 1.165) is 11.8 Å². The van der Waals surface area contributed by atoms with Gasteiger partial charge in [-0.2, -0.15) is 0 Å². The molecular formula is C10H23As. The van der Waals surface area contributed by atoms with Crippen molar-refractivity contribution in [1.29, 1.82) is 0 Å². The van der Waals surface area contributed by atoms with Crippen LogP contribution < -0.4 is 0 Å². The quantitative estimate of drug-likeness (QED) is 0.473. The third-order valence-corrected chi connectivity index (χ3v) is 4.49. The number of rotatable bonds is 6. The first-order valence-electron chi connectivity index (χ1n) is 4.83. The minimum atomic E-state index is 0.437. The Labute approximate surface area is 78.8 Å². The first-order valence-corrected chi connectivity index (χ1v) is 7.80. The second kappa shape index (κ2) is 7.22. The number of hydrogen-bond acceptors (Lipinski definition) is 0. The minimum absolute atomic E-state index is 0.437. The van der Waals surface area contributed by atoms with Crippen molar-refractivity contribution >= 4 is 15.8 Å². The van der Waals surface area contributed by atoms with Crippen molar-refractivity contribution in [2.24, 2.45) is 11.8 Å². The standard InChI is InChI=1S/C10H23As/c1-9(2)5-7-11-8-6-10(3)4/h9-11H,5-8H2,1-4H3. The van der Waals surface area contributed by atoms with Gasteiger partial charge in [-0.05, 0) is 0 Å². The molecule has 0 amide bonds. The van der Waals surface area contributed by atoms with Gasteiger partial charge < -0.3 is 0 Å². The Kier molecular flexibility index (Phi) is 7.59. The van der Waals surface area contributed by atoms with Crippen LogP contribution in [-0.4, -0.2) is 15.8 Å². The summed E-state index contributed by atoms with van der Waals surface area (Å²) in [5, 5.41) is 3.12. The fourth-order valence-electron chi connectivity index (χ4n) is 0.906. The summed E-state index contributed by atoms with van der Waals surface area (Å²) in [4.78, 5) is 0. The van der Waals surface area contributed by atoms with E-state index in [9.17, 15) is 0 Å². The van der Waals surface area contributed by atoms with Crippen molar-refractivity contribution in [3.05, 3.63) is 0 Å². The molecule has 68 valence electrons. The second-order valence-corrected chi connectivity index (χ2v) is 7.26. The van der Waals surface area contributed by atoms with E-state index in [0.29, 0.717) is 15.8 Å². The van der Waals surface area contributed by atoms with Gasteiger partial charge in [0.05, 0.1) is 0 Å². The van der Waals surface area contributed by atoms with Crippen molar-refractivity contribution in [2.45, 2.75) is 51.0 Å². The topological polar surface area (TPSA) is 0 Å². The zero-order chi connectivity index (χ0) is 8.69. The molecule has 0 rings (SSSR count). The Morgan fingerprint density at radius 3 is 1.45 bits per heavy atom. The summed E-state index contributed by atoms with van der Waals surface area (Å²) in [6, 6.07) is 0. The second-order valence-electron chi connectivity index (χ2n) is 4.12. The van der Waals surface area contributed by atoms with E-state index in [-0.39, 0.29) is 0 Å². The van der Waals surface area contributed by atoms with Gasteiger partial charge in [0.2, 0.25) is 0 Å². The fourth-order valence-corrected chi connectivity index (χ4v) is 4.71. The van der Waals surface area contributed by atoms with Gasteiger partial charge in [-0.1, -0.05) is 0 Å². The fraction of sp³-hybridized carbons (Fsp3) is 1.00. The zero-order valence-electron chi connectivity index (χ0n) is 8.48. The van der Waals surface area contributed by atoms with Crippen LogP contribution in [0.3, 0.4) is 0 Å². The average molecular weight is 218 g/mol. The van der Waals surface area contributed by atoms with Crippen LogP contribution in [-0.2, 0) is 0 Å². The molecule has 0 unspecified atom stereocenters. The summed E-state index contributed by atoms with van der Waals surface area (Å²) in [5.74, 6) is 1.86. The predicted molar refractivity (Wildman–Crippen MR) is 55.7 cm³/mol. The first-order chi connectivity index (χ1) is 5.13. The van der Waals surface area contributed by atoms with E-state index in [1.54, 1.807) is 10.4 Å². The molecule has 0 aromatic carbocycles. The zero-order valence-corrected chi connectivity index (χ0v) is 10.6. The molecule has 0 spiro atoms. The average Bonchev–Trinajstić information content (AvgIpc) is 1.85. The predicted octanol–water partition coefficient (Wildman–Crippen LogP) is 3.35. The molecule has 0 aromatic heterocycles. The van der Waals surface area contributed by atoms with Crippen molar-refractivity contribution in [2.75, 3.05) is 0 Å². The molecule has 1 heteroatoms. The Balaban J connectivity index is 2.91. The molecule has 11 heavy (non-hydrogen) atoms. The van der Waals surface area contributed by atoms with Crippen molar-refractivity contribution in [1.82, 2.24) is 0 Å². The van der Waals surface area contributed by atoms with Crippen LogP contribution in [0.25, 0.3) is 0 Å². The van der Waals surface area contributed by atoms with Crippen LogP contribution >= 0.6 is 0 Å². The molecule has 0 radical (unpaired) electrons. The van der Waals surface area contributed by atoms with E-state index >= 15 is 0 Å². The summed E-state index contributed by atoms with van der Waals surface area (Å²) < 4.78 is 0. The molecule has 0 heterocycles. The van der Waals surface area contributed by atoms with Crippen LogP contribution in [0.4, 0.5) is 0 Å². The Morgan fingerprint density at radius 2 is 1.18 bits per heavy atom. The Hall–Kier alpha value is 0.558. The third kappa shape index (κ3) is 10.6. The van der Waals surface area contributed by atoms with E-state index in [1.165, 1.54) is 12.8 Å². The van der Waals surface area contributed by atoms with Crippen LogP contribution in [0, 0.1) is 11.8 Å². The SMILES string of the molecule is CC(C)CC[AsH]CCC(C)C. The molecular weight excluding hydrogens is 195 g/mol. The van der Waals surface area contributed by atoms with Crippen molar-refractivity contribution < 1.29 is 0 Å². The van der Waals surface area contributed by atoms with Crippen LogP contribution in [0.5, 0.6) is 0 Å². The summed E-state index contributed by atoms with van der Waals surface area (Å²) in [5.41, 5.74) is 0. The summed E-state index contributed by atoms with van der Waals surface area (Å²) in [7, 11) is 0. The normalized spacial score (nSPS) is 11.5. The molecule has 0 fully saturated rings. The maximum absolute atomic E-state index is 2.33. The van der Waals surface area contributed by atoms with Gasteiger partial charge >= 0.3 is 78.5 Å².